The van der Waals surface area contributed by atoms with E-state index >= 15 is 0 Å². The molecule has 9 aliphatic carbocycles. The molecule has 0 bridgehead atoms. The Morgan fingerprint density at radius 2 is 1.04 bits per heavy atom. The van der Waals surface area contributed by atoms with Gasteiger partial charge in [-0.25, -0.2) is 0 Å². The van der Waals surface area contributed by atoms with Crippen molar-refractivity contribution in [2.45, 2.75) is 233 Å². The average molecular weight is 950 g/mol. The fourth-order valence-electron chi connectivity index (χ4n) is 18.6. The number of carbonyl (C=O) groups is 3. The standard InChI is InChI=1S/C20H34O2.C20H32O2.C20H30O2.2CH4.2H2/c3*1-13(2)14-6-8-16-15(12-14)7-9-17-19(16,3)10-5-11-20(17,4)18(21)22;;;;/h13-17H,5-12H2,1-4H3,(H,21,22);12-13,15-17H,5-11H2,1-4H3,(H,21,22);7,12-13,16-17H,5-6,8-11H2,1-4H3,(H,21,22);2*1H4;2*1H. The van der Waals surface area contributed by atoms with Crippen LogP contribution in [0.15, 0.2) is 34.9 Å². The van der Waals surface area contributed by atoms with Crippen LogP contribution >= 0.6 is 0 Å². The van der Waals surface area contributed by atoms with Gasteiger partial charge in [-0.15, -0.1) is 0 Å². The third-order valence-electron chi connectivity index (χ3n) is 22.7. The molecule has 0 radical (unpaired) electrons. The summed E-state index contributed by atoms with van der Waals surface area (Å²) in [7, 11) is 0. The third-order valence-corrected chi connectivity index (χ3v) is 22.7. The highest BCUT2D eigenvalue weighted by molar-refractivity contribution is 5.76. The highest BCUT2D eigenvalue weighted by Crippen LogP contribution is 2.66. The van der Waals surface area contributed by atoms with Gasteiger partial charge in [-0.1, -0.05) is 126 Å². The van der Waals surface area contributed by atoms with E-state index < -0.39 is 34.2 Å². The highest BCUT2D eigenvalue weighted by Gasteiger charge is 2.61. The molecule has 0 heterocycles. The first-order valence-electron chi connectivity index (χ1n) is 27.7. The second kappa shape index (κ2) is 21.0. The highest BCUT2D eigenvalue weighted by atomic mass is 16.4. The van der Waals surface area contributed by atoms with Crippen molar-refractivity contribution in [3.63, 3.8) is 0 Å². The van der Waals surface area contributed by atoms with Crippen molar-refractivity contribution in [2.75, 3.05) is 0 Å². The smallest absolute Gasteiger partial charge is 0.309 e. The number of hydrogen-bond donors (Lipinski definition) is 3. The molecule has 15 atom stereocenters. The van der Waals surface area contributed by atoms with Crippen molar-refractivity contribution in [1.29, 1.82) is 0 Å². The summed E-state index contributed by atoms with van der Waals surface area (Å²) in [5.41, 5.74) is 3.85. The lowest BCUT2D eigenvalue weighted by atomic mass is 9.43. The first-order chi connectivity index (χ1) is 30.9. The number of aliphatic carboxylic acids is 3. The molecule has 0 aromatic carbocycles. The van der Waals surface area contributed by atoms with E-state index in [1.165, 1.54) is 82.6 Å². The molecule has 0 saturated heterocycles. The molecular formula is C62H108O6. The zero-order chi connectivity index (χ0) is 48.4. The van der Waals surface area contributed by atoms with Gasteiger partial charge in [-0.05, 0) is 229 Å². The SMILES string of the molecule is C.C.CC(C)C1=CC2=CCC3C(C)(C(=O)O)CCCC3(C)C2CC1.CC(C)C1=CC2CCC3C(C)(C(=O)O)CCCC3(C)C2CC1.CC(C)C1CCC2C(CCC3C(C)(C(=O)O)CCCC23C)C1.[HH].[HH]. The monoisotopic (exact) mass is 949 g/mol. The number of allylic oxidation sites excluding steroid dienone is 6. The molecule has 9 aliphatic rings. The molecule has 6 heteroatoms. The Morgan fingerprint density at radius 3 is 1.56 bits per heavy atom. The van der Waals surface area contributed by atoms with Crippen molar-refractivity contribution in [3.8, 4) is 0 Å². The molecule has 0 aromatic heterocycles. The summed E-state index contributed by atoms with van der Waals surface area (Å²) >= 11 is 0. The van der Waals surface area contributed by atoms with Crippen molar-refractivity contribution < 1.29 is 32.6 Å². The number of fused-ring (bicyclic) bond motifs is 9. The molecule has 0 spiro atoms. The van der Waals surface area contributed by atoms with Crippen LogP contribution in [0.1, 0.15) is 236 Å². The summed E-state index contributed by atoms with van der Waals surface area (Å²) in [6, 6.07) is 0. The minimum Gasteiger partial charge on any atom is -0.481 e. The quantitative estimate of drug-likeness (QED) is 0.229. The van der Waals surface area contributed by atoms with Crippen molar-refractivity contribution in [2.24, 2.45) is 104 Å². The second-order valence-corrected chi connectivity index (χ2v) is 26.9. The fourth-order valence-corrected chi connectivity index (χ4v) is 18.6. The molecule has 3 N–H and O–H groups in total. The van der Waals surface area contributed by atoms with Crippen molar-refractivity contribution >= 4 is 17.9 Å². The molecule has 68 heavy (non-hydrogen) atoms. The van der Waals surface area contributed by atoms with Crippen LogP contribution in [0, 0.1) is 104 Å². The van der Waals surface area contributed by atoms with Gasteiger partial charge in [0, 0.05) is 2.85 Å². The van der Waals surface area contributed by atoms with E-state index in [4.69, 9.17) is 0 Å². The maximum Gasteiger partial charge on any atom is 0.309 e. The van der Waals surface area contributed by atoms with E-state index in [0.717, 1.165) is 81.5 Å². The fraction of sp³-hybridized carbons (Fsp3) is 0.855. The van der Waals surface area contributed by atoms with E-state index in [1.807, 2.05) is 20.8 Å². The van der Waals surface area contributed by atoms with E-state index in [9.17, 15) is 29.7 Å². The topological polar surface area (TPSA) is 112 Å². The molecule has 6 nitrogen and oxygen atoms in total. The van der Waals surface area contributed by atoms with Crippen LogP contribution in [0.4, 0.5) is 0 Å². The molecule has 9 rings (SSSR count). The number of carboxylic acids is 3. The predicted octanol–water partition coefficient (Wildman–Crippen LogP) is 17.6. The lowest BCUT2D eigenvalue weighted by Crippen LogP contribution is -2.56. The van der Waals surface area contributed by atoms with Gasteiger partial charge in [-0.2, -0.15) is 0 Å². The molecular weight excluding hydrogens is 841 g/mol. The first kappa shape index (κ1) is 56.5. The van der Waals surface area contributed by atoms with Crippen molar-refractivity contribution in [1.82, 2.24) is 0 Å². The zero-order valence-corrected chi connectivity index (χ0v) is 44.1. The Bertz CT molecular complexity index is 1920. The zero-order valence-electron chi connectivity index (χ0n) is 44.1. The van der Waals surface area contributed by atoms with Crippen LogP contribution in [0.5, 0.6) is 0 Å². The van der Waals surface area contributed by atoms with Gasteiger partial charge >= 0.3 is 17.9 Å². The molecule has 0 amide bonds. The van der Waals surface area contributed by atoms with Gasteiger partial charge in [0.25, 0.3) is 0 Å². The van der Waals surface area contributed by atoms with E-state index in [0.29, 0.717) is 41.4 Å². The summed E-state index contributed by atoms with van der Waals surface area (Å²) in [5, 5.41) is 29.5. The van der Waals surface area contributed by atoms with E-state index in [1.54, 1.807) is 11.1 Å². The van der Waals surface area contributed by atoms with Gasteiger partial charge in [0.1, 0.15) is 0 Å². The van der Waals surface area contributed by atoms with Crippen LogP contribution in [0.25, 0.3) is 0 Å². The summed E-state index contributed by atoms with van der Waals surface area (Å²) < 4.78 is 0. The molecule has 392 valence electrons. The number of carboxylic acid groups (broad SMARTS) is 3. The maximum atomic E-state index is 12.0. The lowest BCUT2D eigenvalue weighted by molar-refractivity contribution is -0.173. The predicted molar refractivity (Wildman–Crippen MR) is 286 cm³/mol. The summed E-state index contributed by atoms with van der Waals surface area (Å²) in [5.74, 6) is 5.95. The Morgan fingerprint density at radius 1 is 0.559 bits per heavy atom. The van der Waals surface area contributed by atoms with E-state index in [2.05, 4.69) is 80.5 Å². The number of hydrogen-bond acceptors (Lipinski definition) is 3. The first-order valence-corrected chi connectivity index (χ1v) is 27.7. The molecule has 6 fully saturated rings. The maximum absolute atomic E-state index is 12.0. The van der Waals surface area contributed by atoms with E-state index in [-0.39, 0.29) is 39.9 Å². The Hall–Kier alpha value is -2.37. The van der Waals surface area contributed by atoms with Crippen LogP contribution in [-0.4, -0.2) is 33.2 Å². The Balaban J connectivity index is 0.000000270. The van der Waals surface area contributed by atoms with Gasteiger partial charge in [0.15, 0.2) is 0 Å². The van der Waals surface area contributed by atoms with Gasteiger partial charge in [-0.3, -0.25) is 14.4 Å². The molecule has 0 aliphatic heterocycles. The summed E-state index contributed by atoms with van der Waals surface area (Å²) in [6.45, 7) is 27.2. The molecule has 6 saturated carbocycles. The van der Waals surface area contributed by atoms with Gasteiger partial charge in [0.05, 0.1) is 16.2 Å². The Kier molecular flexibility index (Phi) is 17.5. The van der Waals surface area contributed by atoms with Crippen LogP contribution in [0.2, 0.25) is 0 Å². The van der Waals surface area contributed by atoms with Crippen LogP contribution in [-0.2, 0) is 14.4 Å². The third kappa shape index (κ3) is 9.79. The lowest BCUT2D eigenvalue weighted by Gasteiger charge is -2.60. The van der Waals surface area contributed by atoms with Gasteiger partial charge in [0.2, 0.25) is 0 Å². The van der Waals surface area contributed by atoms with Crippen LogP contribution in [0.3, 0.4) is 0 Å². The average Bonchev–Trinajstić information content (AvgIpc) is 3.26. The second-order valence-electron chi connectivity index (χ2n) is 26.9. The Labute approximate surface area is 420 Å². The van der Waals surface area contributed by atoms with Gasteiger partial charge < -0.3 is 15.3 Å². The molecule has 0 aromatic rings. The molecule has 15 unspecified atom stereocenters. The summed E-state index contributed by atoms with van der Waals surface area (Å²) in [6.07, 6.45) is 31.5. The minimum absolute atomic E-state index is 0. The largest absolute Gasteiger partial charge is 0.481 e. The van der Waals surface area contributed by atoms with Crippen LogP contribution < -0.4 is 0 Å². The normalized spacial score (nSPS) is 43.6. The minimum atomic E-state index is -0.588. The number of rotatable bonds is 6. The van der Waals surface area contributed by atoms with Crippen molar-refractivity contribution in [3.05, 3.63) is 34.9 Å². The summed E-state index contributed by atoms with van der Waals surface area (Å²) in [4.78, 5) is 35.9.